The first-order valence-corrected chi connectivity index (χ1v) is 13.0. The first-order valence-electron chi connectivity index (χ1n) is 12.0. The average Bonchev–Trinajstić information content (AvgIpc) is 3.01. The summed E-state index contributed by atoms with van der Waals surface area (Å²) in [5, 5.41) is 5.32. The summed E-state index contributed by atoms with van der Waals surface area (Å²) in [6, 6.07) is 5.82. The summed E-state index contributed by atoms with van der Waals surface area (Å²) >= 11 is 0. The molecule has 0 spiro atoms. The Bertz CT molecular complexity index is 923. The zero-order valence-electron chi connectivity index (χ0n) is 22.1. The normalized spacial score (nSPS) is 19.4. The van der Waals surface area contributed by atoms with Crippen molar-refractivity contribution in [2.24, 2.45) is 0 Å². The zero-order chi connectivity index (χ0) is 25.7. The quantitative estimate of drug-likeness (QED) is 0.414. The van der Waals surface area contributed by atoms with Gasteiger partial charge < -0.3 is 25.2 Å². The summed E-state index contributed by atoms with van der Waals surface area (Å²) in [6.45, 7) is 13.9. The summed E-state index contributed by atoms with van der Waals surface area (Å²) in [6.07, 6.45) is 8.05. The van der Waals surface area contributed by atoms with Crippen LogP contribution in [0.4, 0.5) is 10.5 Å². The van der Waals surface area contributed by atoms with Gasteiger partial charge in [0.05, 0.1) is 0 Å². The minimum absolute atomic E-state index is 0.0710. The molecule has 0 aliphatic carbocycles. The first-order chi connectivity index (χ1) is 15.8. The molecule has 0 saturated heterocycles. The van der Waals surface area contributed by atoms with Crippen molar-refractivity contribution in [1.29, 1.82) is 0 Å². The number of carbonyl (C=O) groups excluding carboxylic acids is 2. The molecule has 1 aromatic rings. The molecular weight excluding hydrogens is 444 g/mol. The van der Waals surface area contributed by atoms with Crippen molar-refractivity contribution >= 4 is 27.9 Å². The topological polar surface area (TPSA) is 73.9 Å². The third-order valence-electron chi connectivity index (χ3n) is 5.74. The standard InChI is InChI=1S/C26H42N4O3Si/c1-9-11-12-15-29(7)23-19(10-2)20-16-18(13-14-21(20)30(23)8)22(31)27-17-26(6,34)28-24(32)33-25(3,4)5/h10,12-16,19,23H,2,9,11,17H2,1,3-8,34H3,(H,27,31)(H,28,32)/b15-12-/t19?,23?,26-/m0/s1. The van der Waals surface area contributed by atoms with Gasteiger partial charge in [-0.2, -0.15) is 0 Å². The number of allylic oxidation sites excluding steroid dienone is 1. The van der Waals surface area contributed by atoms with Crippen LogP contribution in [-0.2, 0) is 4.74 Å². The van der Waals surface area contributed by atoms with Crippen LogP contribution in [0.1, 0.15) is 69.3 Å². The van der Waals surface area contributed by atoms with E-state index in [4.69, 9.17) is 4.74 Å². The van der Waals surface area contributed by atoms with Crippen molar-refractivity contribution in [3.05, 3.63) is 54.3 Å². The van der Waals surface area contributed by atoms with Gasteiger partial charge in [0.25, 0.3) is 5.91 Å². The molecule has 2 amide bonds. The fourth-order valence-electron chi connectivity index (χ4n) is 4.13. The molecule has 1 aliphatic rings. The zero-order valence-corrected chi connectivity index (χ0v) is 24.1. The van der Waals surface area contributed by atoms with Crippen molar-refractivity contribution in [2.45, 2.75) is 70.3 Å². The van der Waals surface area contributed by atoms with Crippen LogP contribution in [0.2, 0.25) is 0 Å². The van der Waals surface area contributed by atoms with Gasteiger partial charge in [0, 0.05) is 53.2 Å². The fourth-order valence-corrected chi connectivity index (χ4v) is 4.51. The van der Waals surface area contributed by atoms with E-state index in [1.165, 1.54) is 0 Å². The number of fused-ring (bicyclic) bond motifs is 1. The molecule has 3 atom stereocenters. The van der Waals surface area contributed by atoms with Gasteiger partial charge >= 0.3 is 6.09 Å². The highest BCUT2D eigenvalue weighted by Gasteiger charge is 2.37. The van der Waals surface area contributed by atoms with Crippen molar-refractivity contribution < 1.29 is 14.3 Å². The van der Waals surface area contributed by atoms with E-state index in [0.717, 1.165) is 24.1 Å². The van der Waals surface area contributed by atoms with Crippen molar-refractivity contribution in [3.63, 3.8) is 0 Å². The largest absolute Gasteiger partial charge is 0.444 e. The Morgan fingerprint density at radius 1 is 1.29 bits per heavy atom. The maximum absolute atomic E-state index is 13.0. The van der Waals surface area contributed by atoms with Gasteiger partial charge in [-0.1, -0.05) is 25.5 Å². The molecule has 1 aromatic carbocycles. The molecule has 8 heteroatoms. The second kappa shape index (κ2) is 11.1. The first kappa shape index (κ1) is 27.5. The lowest BCUT2D eigenvalue weighted by Gasteiger charge is -2.33. The molecule has 2 rings (SSSR count). The predicted octanol–water partition coefficient (Wildman–Crippen LogP) is 3.31. The number of hydrogen-bond donors (Lipinski definition) is 2. The van der Waals surface area contributed by atoms with Crippen LogP contribution in [0, 0.1) is 0 Å². The lowest BCUT2D eigenvalue weighted by Crippen LogP contribution is -2.55. The van der Waals surface area contributed by atoms with Crippen molar-refractivity contribution in [3.8, 4) is 0 Å². The maximum atomic E-state index is 13.0. The number of benzene rings is 1. The minimum Gasteiger partial charge on any atom is -0.444 e. The number of nitrogens with one attached hydrogen (secondary N) is 2. The number of amides is 2. The fraction of sp³-hybridized carbons (Fsp3) is 0.538. The molecule has 0 radical (unpaired) electrons. The Kier molecular flexibility index (Phi) is 9.00. The van der Waals surface area contributed by atoms with Gasteiger partial charge in [0.15, 0.2) is 0 Å². The molecule has 188 valence electrons. The lowest BCUT2D eigenvalue weighted by molar-refractivity contribution is 0.0493. The molecule has 0 bridgehead atoms. The van der Waals surface area contributed by atoms with Gasteiger partial charge in [-0.25, -0.2) is 4.79 Å². The number of carbonyl (C=O) groups is 2. The molecule has 1 heterocycles. The highest BCUT2D eigenvalue weighted by molar-refractivity contribution is 6.16. The van der Waals surface area contributed by atoms with Gasteiger partial charge in [0.2, 0.25) is 0 Å². The molecule has 7 nitrogen and oxygen atoms in total. The minimum atomic E-state index is -0.568. The van der Waals surface area contributed by atoms with Crippen molar-refractivity contribution in [1.82, 2.24) is 15.5 Å². The Hall–Kier alpha value is -2.74. The van der Waals surface area contributed by atoms with Crippen molar-refractivity contribution in [2.75, 3.05) is 25.5 Å². The van der Waals surface area contributed by atoms with E-state index >= 15 is 0 Å². The number of rotatable bonds is 9. The number of ether oxygens (including phenoxy) is 1. The molecule has 1 aliphatic heterocycles. The van der Waals surface area contributed by atoms with Crippen LogP contribution < -0.4 is 15.5 Å². The summed E-state index contributed by atoms with van der Waals surface area (Å²) in [7, 11) is 4.80. The highest BCUT2D eigenvalue weighted by Crippen LogP contribution is 2.42. The van der Waals surface area contributed by atoms with Crippen LogP contribution in [0.3, 0.4) is 0 Å². The lowest BCUT2D eigenvalue weighted by atomic mass is 9.96. The maximum Gasteiger partial charge on any atom is 0.407 e. The number of hydrogen-bond acceptors (Lipinski definition) is 5. The Morgan fingerprint density at radius 3 is 2.56 bits per heavy atom. The van der Waals surface area contributed by atoms with Gasteiger partial charge in [-0.3, -0.25) is 4.79 Å². The van der Waals surface area contributed by atoms with E-state index in [-0.39, 0.29) is 18.0 Å². The number of likely N-dealkylation sites (N-methyl/N-ethyl adjacent to an activating group) is 2. The summed E-state index contributed by atoms with van der Waals surface area (Å²) in [5.41, 5.74) is 2.22. The van der Waals surface area contributed by atoms with E-state index in [1.807, 2.05) is 52.0 Å². The van der Waals surface area contributed by atoms with E-state index in [0.29, 0.717) is 22.4 Å². The predicted molar refractivity (Wildman–Crippen MR) is 143 cm³/mol. The second-order valence-electron chi connectivity index (χ2n) is 10.6. The number of nitrogens with zero attached hydrogens (tertiary/aromatic N) is 2. The van der Waals surface area contributed by atoms with E-state index in [2.05, 4.69) is 60.3 Å². The molecule has 0 fully saturated rings. The van der Waals surface area contributed by atoms with Crippen LogP contribution in [-0.4, -0.2) is 64.7 Å². The summed E-state index contributed by atoms with van der Waals surface area (Å²) in [5.74, 6) is -0.0947. The van der Waals surface area contributed by atoms with E-state index in [9.17, 15) is 9.59 Å². The Morgan fingerprint density at radius 2 is 1.97 bits per heavy atom. The molecule has 0 aromatic heterocycles. The smallest absolute Gasteiger partial charge is 0.407 e. The number of alkyl carbamates (subject to hydrolysis) is 1. The average molecular weight is 487 g/mol. The van der Waals surface area contributed by atoms with Crippen LogP contribution in [0.15, 0.2) is 43.1 Å². The second-order valence-corrected chi connectivity index (χ2v) is 12.8. The Labute approximate surface area is 208 Å². The summed E-state index contributed by atoms with van der Waals surface area (Å²) < 4.78 is 5.35. The Balaban J connectivity index is 2.11. The number of anilines is 1. The van der Waals surface area contributed by atoms with Crippen LogP contribution in [0.25, 0.3) is 0 Å². The van der Waals surface area contributed by atoms with Crippen LogP contribution in [0.5, 0.6) is 0 Å². The van der Waals surface area contributed by atoms with Gasteiger partial charge in [-0.05, 0) is 64.1 Å². The highest BCUT2D eigenvalue weighted by atomic mass is 28.1. The third-order valence-corrected chi connectivity index (χ3v) is 6.35. The third kappa shape index (κ3) is 7.13. The van der Waals surface area contributed by atoms with Gasteiger partial charge in [-0.15, -0.1) is 6.58 Å². The van der Waals surface area contributed by atoms with Crippen LogP contribution >= 0.6 is 0 Å². The molecule has 2 unspecified atom stereocenters. The number of unbranched alkanes of at least 4 members (excludes halogenated alkanes) is 1. The SMILES string of the molecule is C=CC1c2cc(C(=O)NC[C@](C)([SiH3])NC(=O)OC(C)(C)C)ccc2N(C)C1N(C)/C=C\CCC. The van der Waals surface area contributed by atoms with E-state index < -0.39 is 16.9 Å². The molecule has 34 heavy (non-hydrogen) atoms. The van der Waals surface area contributed by atoms with E-state index in [1.54, 1.807) is 0 Å². The summed E-state index contributed by atoms with van der Waals surface area (Å²) in [4.78, 5) is 29.6. The van der Waals surface area contributed by atoms with Gasteiger partial charge in [0.1, 0.15) is 11.8 Å². The molecule has 2 N–H and O–H groups in total. The monoisotopic (exact) mass is 486 g/mol. The molecule has 0 saturated carbocycles. The molecular formula is C26H42N4O3Si.